The van der Waals surface area contributed by atoms with E-state index in [1.54, 1.807) is 0 Å². The molecular formula is C21H33IN4O. The van der Waals surface area contributed by atoms with Crippen molar-refractivity contribution in [3.63, 3.8) is 0 Å². The molecular weight excluding hydrogens is 451 g/mol. The second kappa shape index (κ2) is 10.9. The molecule has 1 N–H and O–H groups in total. The van der Waals surface area contributed by atoms with Gasteiger partial charge in [0.2, 0.25) is 5.91 Å². The van der Waals surface area contributed by atoms with Crippen LogP contribution in [0, 0.1) is 5.92 Å². The number of nitrogens with one attached hydrogen (secondary N) is 1. The summed E-state index contributed by atoms with van der Waals surface area (Å²) in [6.07, 6.45) is 4.96. The van der Waals surface area contributed by atoms with Crippen LogP contribution in [0.4, 0.5) is 0 Å². The Kier molecular flexibility index (Phi) is 8.86. The number of rotatable bonds is 4. The second-order valence-electron chi connectivity index (χ2n) is 7.60. The second-order valence-corrected chi connectivity index (χ2v) is 7.60. The lowest BCUT2D eigenvalue weighted by Gasteiger charge is -2.33. The summed E-state index contributed by atoms with van der Waals surface area (Å²) in [6, 6.07) is 8.45. The Hall–Kier alpha value is -1.31. The number of piperidine rings is 1. The minimum atomic E-state index is 0. The van der Waals surface area contributed by atoms with Gasteiger partial charge in [-0.05, 0) is 42.7 Å². The van der Waals surface area contributed by atoms with Crippen molar-refractivity contribution in [2.45, 2.75) is 45.6 Å². The van der Waals surface area contributed by atoms with Crippen LogP contribution < -0.4 is 5.32 Å². The maximum Gasteiger partial charge on any atom is 0.222 e. The van der Waals surface area contributed by atoms with E-state index in [0.717, 1.165) is 57.4 Å². The van der Waals surface area contributed by atoms with Crippen LogP contribution in [-0.2, 0) is 17.8 Å². The van der Waals surface area contributed by atoms with Gasteiger partial charge in [-0.3, -0.25) is 9.79 Å². The van der Waals surface area contributed by atoms with Crippen LogP contribution in [0.5, 0.6) is 0 Å². The Morgan fingerprint density at radius 1 is 1.22 bits per heavy atom. The minimum Gasteiger partial charge on any atom is -0.356 e. The van der Waals surface area contributed by atoms with Gasteiger partial charge in [0, 0.05) is 46.2 Å². The molecule has 150 valence electrons. The first-order valence-electron chi connectivity index (χ1n) is 9.97. The van der Waals surface area contributed by atoms with Gasteiger partial charge in [-0.25, -0.2) is 0 Å². The zero-order valence-corrected chi connectivity index (χ0v) is 18.9. The summed E-state index contributed by atoms with van der Waals surface area (Å²) in [4.78, 5) is 21.3. The maximum absolute atomic E-state index is 12.5. The molecule has 1 fully saturated rings. The number of benzene rings is 1. The van der Waals surface area contributed by atoms with Gasteiger partial charge in [0.25, 0.3) is 0 Å². The van der Waals surface area contributed by atoms with E-state index < -0.39 is 0 Å². The molecule has 5 nitrogen and oxygen atoms in total. The molecule has 3 rings (SSSR count). The van der Waals surface area contributed by atoms with Crippen LogP contribution >= 0.6 is 24.0 Å². The molecule has 0 bridgehead atoms. The molecule has 1 unspecified atom stereocenters. The Morgan fingerprint density at radius 2 is 2.00 bits per heavy atom. The summed E-state index contributed by atoms with van der Waals surface area (Å²) >= 11 is 0. The molecule has 1 aromatic rings. The van der Waals surface area contributed by atoms with Crippen LogP contribution in [0.3, 0.4) is 0 Å². The molecule has 0 aliphatic carbocycles. The van der Waals surface area contributed by atoms with Gasteiger partial charge >= 0.3 is 0 Å². The summed E-state index contributed by atoms with van der Waals surface area (Å²) in [5.41, 5.74) is 2.68. The highest BCUT2D eigenvalue weighted by Gasteiger charge is 2.21. The molecule has 2 aliphatic rings. The number of guanidine groups is 1. The third kappa shape index (κ3) is 6.09. The molecule has 6 heteroatoms. The SMILES string of the molecule is CN=C(NCCCC(=O)N1CCc2ccccc2C1)N1CCCC(C)C1.I. The Bertz CT molecular complexity index is 649. The summed E-state index contributed by atoms with van der Waals surface area (Å²) in [5.74, 6) is 1.98. The van der Waals surface area contributed by atoms with Crippen molar-refractivity contribution in [3.8, 4) is 0 Å². The number of likely N-dealkylation sites (tertiary alicyclic amines) is 1. The van der Waals surface area contributed by atoms with E-state index in [4.69, 9.17) is 0 Å². The number of fused-ring (bicyclic) bond motifs is 1. The quantitative estimate of drug-likeness (QED) is 0.309. The van der Waals surface area contributed by atoms with Crippen molar-refractivity contribution in [2.75, 3.05) is 33.2 Å². The van der Waals surface area contributed by atoms with E-state index in [9.17, 15) is 4.79 Å². The van der Waals surface area contributed by atoms with Crippen LogP contribution in [0.1, 0.15) is 43.7 Å². The van der Waals surface area contributed by atoms with Gasteiger partial charge < -0.3 is 15.1 Å². The lowest BCUT2D eigenvalue weighted by molar-refractivity contribution is -0.132. The predicted molar refractivity (Wildman–Crippen MR) is 122 cm³/mol. The summed E-state index contributed by atoms with van der Waals surface area (Å²) in [6.45, 7) is 6.86. The van der Waals surface area contributed by atoms with Crippen molar-refractivity contribution in [3.05, 3.63) is 35.4 Å². The molecule has 2 aliphatic heterocycles. The van der Waals surface area contributed by atoms with Gasteiger partial charge in [0.15, 0.2) is 5.96 Å². The van der Waals surface area contributed by atoms with E-state index in [0.29, 0.717) is 6.42 Å². The minimum absolute atomic E-state index is 0. The molecule has 1 atom stereocenters. The third-order valence-electron chi connectivity index (χ3n) is 5.50. The van der Waals surface area contributed by atoms with Gasteiger partial charge in [0.05, 0.1) is 0 Å². The molecule has 0 radical (unpaired) electrons. The monoisotopic (exact) mass is 484 g/mol. The van der Waals surface area contributed by atoms with E-state index in [1.807, 2.05) is 11.9 Å². The van der Waals surface area contributed by atoms with Crippen LogP contribution in [-0.4, -0.2) is 54.9 Å². The number of hydrogen-bond donors (Lipinski definition) is 1. The van der Waals surface area contributed by atoms with Crippen molar-refractivity contribution >= 4 is 35.8 Å². The molecule has 1 aromatic carbocycles. The number of nitrogens with zero attached hydrogens (tertiary/aromatic N) is 3. The fraction of sp³-hybridized carbons (Fsp3) is 0.619. The van der Waals surface area contributed by atoms with Gasteiger partial charge in [-0.2, -0.15) is 0 Å². The number of halogens is 1. The standard InChI is InChI=1S/C21H32N4O.HI/c1-17-7-6-13-25(15-17)21(22-2)23-12-5-10-20(26)24-14-11-18-8-3-4-9-19(18)16-24;/h3-4,8-9,17H,5-7,10-16H2,1-2H3,(H,22,23);1H. The largest absolute Gasteiger partial charge is 0.356 e. The fourth-order valence-electron chi connectivity index (χ4n) is 4.02. The van der Waals surface area contributed by atoms with Crippen LogP contribution in [0.25, 0.3) is 0 Å². The van der Waals surface area contributed by atoms with Gasteiger partial charge in [-0.1, -0.05) is 31.2 Å². The molecule has 1 saturated heterocycles. The topological polar surface area (TPSA) is 47.9 Å². The number of carbonyl (C=O) groups excluding carboxylic acids is 1. The first-order valence-corrected chi connectivity index (χ1v) is 9.97. The third-order valence-corrected chi connectivity index (χ3v) is 5.50. The first kappa shape index (κ1) is 22.0. The summed E-state index contributed by atoms with van der Waals surface area (Å²) in [7, 11) is 1.85. The Labute approximate surface area is 180 Å². The molecule has 0 saturated carbocycles. The van der Waals surface area contributed by atoms with Crippen molar-refractivity contribution in [1.82, 2.24) is 15.1 Å². The predicted octanol–water partition coefficient (Wildman–Crippen LogP) is 3.28. The average Bonchev–Trinajstić information content (AvgIpc) is 2.67. The molecule has 27 heavy (non-hydrogen) atoms. The van der Waals surface area contributed by atoms with E-state index in [2.05, 4.69) is 46.4 Å². The molecule has 2 heterocycles. The lowest BCUT2D eigenvalue weighted by atomic mass is 9.99. The summed E-state index contributed by atoms with van der Waals surface area (Å²) in [5, 5.41) is 3.44. The van der Waals surface area contributed by atoms with Crippen molar-refractivity contribution in [2.24, 2.45) is 10.9 Å². The molecule has 1 amide bonds. The zero-order chi connectivity index (χ0) is 18.4. The number of carbonyl (C=O) groups is 1. The zero-order valence-electron chi connectivity index (χ0n) is 16.6. The van der Waals surface area contributed by atoms with Crippen molar-refractivity contribution in [1.29, 1.82) is 0 Å². The molecule has 0 spiro atoms. The van der Waals surface area contributed by atoms with E-state index >= 15 is 0 Å². The number of aliphatic imine (C=N–C) groups is 1. The van der Waals surface area contributed by atoms with Crippen molar-refractivity contribution < 1.29 is 4.79 Å². The average molecular weight is 484 g/mol. The number of amides is 1. The normalized spacial score (nSPS) is 19.9. The van der Waals surface area contributed by atoms with Crippen LogP contribution in [0.2, 0.25) is 0 Å². The maximum atomic E-state index is 12.5. The van der Waals surface area contributed by atoms with Gasteiger partial charge in [-0.15, -0.1) is 24.0 Å². The Morgan fingerprint density at radius 3 is 2.74 bits per heavy atom. The highest BCUT2D eigenvalue weighted by molar-refractivity contribution is 14.0. The Balaban J connectivity index is 0.00000261. The number of hydrogen-bond acceptors (Lipinski definition) is 2. The summed E-state index contributed by atoms with van der Waals surface area (Å²) < 4.78 is 0. The first-order chi connectivity index (χ1) is 12.7. The fourth-order valence-corrected chi connectivity index (χ4v) is 4.02. The van der Waals surface area contributed by atoms with E-state index in [-0.39, 0.29) is 29.9 Å². The lowest BCUT2D eigenvalue weighted by Crippen LogP contribution is -2.46. The van der Waals surface area contributed by atoms with Crippen LogP contribution in [0.15, 0.2) is 29.3 Å². The highest BCUT2D eigenvalue weighted by Crippen LogP contribution is 2.19. The molecule has 0 aromatic heterocycles. The highest BCUT2D eigenvalue weighted by atomic mass is 127. The smallest absolute Gasteiger partial charge is 0.222 e. The van der Waals surface area contributed by atoms with Gasteiger partial charge in [0.1, 0.15) is 0 Å². The van der Waals surface area contributed by atoms with E-state index in [1.165, 1.54) is 24.0 Å².